The van der Waals surface area contributed by atoms with Gasteiger partial charge in [-0.1, -0.05) is 5.16 Å². The molecule has 102 valence electrons. The first-order chi connectivity index (χ1) is 9.43. The number of carboxylic acid groups (broad SMARTS) is 1. The van der Waals surface area contributed by atoms with E-state index in [1.165, 1.54) is 6.08 Å². The summed E-state index contributed by atoms with van der Waals surface area (Å²) in [6.07, 6.45) is 1.36. The molecule has 2 heterocycles. The average molecular weight is 271 g/mol. The highest BCUT2D eigenvalue weighted by Crippen LogP contribution is 2.22. The fourth-order valence-electron chi connectivity index (χ4n) is 2.04. The van der Waals surface area contributed by atoms with E-state index in [4.69, 9.17) is 14.9 Å². The van der Waals surface area contributed by atoms with Crippen molar-refractivity contribution in [2.45, 2.75) is 20.8 Å². The van der Waals surface area contributed by atoms with Gasteiger partial charge in [-0.15, -0.1) is 0 Å². The molecule has 0 bridgehead atoms. The third-order valence-electron chi connectivity index (χ3n) is 2.97. The van der Waals surface area contributed by atoms with Crippen molar-refractivity contribution in [1.82, 2.24) is 9.72 Å². The van der Waals surface area contributed by atoms with Gasteiger partial charge in [0.2, 0.25) is 0 Å². The summed E-state index contributed by atoms with van der Waals surface area (Å²) in [4.78, 5) is 10.9. The minimum absolute atomic E-state index is 0.304. The Morgan fingerprint density at radius 3 is 2.65 bits per heavy atom. The van der Waals surface area contributed by atoms with Crippen molar-refractivity contribution in [3.8, 4) is 11.9 Å². The van der Waals surface area contributed by atoms with Crippen molar-refractivity contribution in [2.75, 3.05) is 0 Å². The Bertz CT molecular complexity index is 744. The molecular weight excluding hydrogens is 258 g/mol. The maximum Gasteiger partial charge on any atom is 0.346 e. The summed E-state index contributed by atoms with van der Waals surface area (Å²) < 4.78 is 6.89. The van der Waals surface area contributed by atoms with Gasteiger partial charge in [0.15, 0.2) is 5.82 Å². The number of aromatic nitrogens is 2. The number of aryl methyl sites for hydroxylation is 2. The molecule has 2 rings (SSSR count). The van der Waals surface area contributed by atoms with Crippen molar-refractivity contribution in [3.63, 3.8) is 0 Å². The number of carbonyl (C=O) groups is 1. The Morgan fingerprint density at radius 2 is 2.15 bits per heavy atom. The molecule has 0 fully saturated rings. The van der Waals surface area contributed by atoms with Crippen LogP contribution in [0.1, 0.15) is 22.7 Å². The van der Waals surface area contributed by atoms with Gasteiger partial charge >= 0.3 is 5.97 Å². The molecule has 2 aromatic rings. The highest BCUT2D eigenvalue weighted by molar-refractivity contribution is 5.96. The van der Waals surface area contributed by atoms with Gasteiger partial charge in [-0.25, -0.2) is 4.79 Å². The smallest absolute Gasteiger partial charge is 0.346 e. The van der Waals surface area contributed by atoms with Crippen LogP contribution in [0.4, 0.5) is 0 Å². The first-order valence-electron chi connectivity index (χ1n) is 5.91. The van der Waals surface area contributed by atoms with Crippen LogP contribution in [-0.2, 0) is 4.79 Å². The topological polar surface area (TPSA) is 92.0 Å². The zero-order valence-electron chi connectivity index (χ0n) is 11.3. The van der Waals surface area contributed by atoms with Crippen LogP contribution in [0, 0.1) is 32.1 Å². The SMILES string of the molecule is Cc1cc(-n2c(C)cc(C=C(C#N)C(=O)O)c2C)no1. The summed E-state index contributed by atoms with van der Waals surface area (Å²) in [6.45, 7) is 5.50. The molecule has 0 saturated heterocycles. The molecule has 0 spiro atoms. The maximum atomic E-state index is 10.9. The van der Waals surface area contributed by atoms with Crippen LogP contribution in [-0.4, -0.2) is 20.8 Å². The predicted molar refractivity (Wildman–Crippen MR) is 71.3 cm³/mol. The molecule has 1 N–H and O–H groups in total. The highest BCUT2D eigenvalue weighted by atomic mass is 16.5. The van der Waals surface area contributed by atoms with E-state index in [9.17, 15) is 4.79 Å². The molecule has 0 radical (unpaired) electrons. The monoisotopic (exact) mass is 271 g/mol. The second kappa shape index (κ2) is 5.05. The Balaban J connectivity index is 2.55. The molecule has 0 saturated carbocycles. The van der Waals surface area contributed by atoms with E-state index in [0.29, 0.717) is 17.1 Å². The number of carboxylic acids is 1. The van der Waals surface area contributed by atoms with Gasteiger partial charge in [-0.3, -0.25) is 4.57 Å². The third-order valence-corrected chi connectivity index (χ3v) is 2.97. The summed E-state index contributed by atoms with van der Waals surface area (Å²) in [6, 6.07) is 5.26. The van der Waals surface area contributed by atoms with Gasteiger partial charge in [0, 0.05) is 17.5 Å². The number of rotatable bonds is 3. The molecule has 0 amide bonds. The van der Waals surface area contributed by atoms with Crippen LogP contribution in [0.3, 0.4) is 0 Å². The summed E-state index contributed by atoms with van der Waals surface area (Å²) in [5.41, 5.74) is 2.04. The van der Waals surface area contributed by atoms with Crippen molar-refractivity contribution < 1.29 is 14.4 Å². The molecule has 0 unspecified atom stereocenters. The molecule has 0 aliphatic heterocycles. The summed E-state index contributed by atoms with van der Waals surface area (Å²) in [5.74, 6) is 0.0772. The molecule has 20 heavy (non-hydrogen) atoms. The number of aliphatic carboxylic acids is 1. The first-order valence-corrected chi connectivity index (χ1v) is 5.91. The van der Waals surface area contributed by atoms with Crippen molar-refractivity contribution in [1.29, 1.82) is 5.26 Å². The summed E-state index contributed by atoms with van der Waals surface area (Å²) in [5, 5.41) is 21.7. The lowest BCUT2D eigenvalue weighted by atomic mass is 10.1. The number of hydrogen-bond donors (Lipinski definition) is 1. The van der Waals surface area contributed by atoms with E-state index in [1.807, 2.05) is 18.4 Å². The van der Waals surface area contributed by atoms with Gasteiger partial charge in [-0.2, -0.15) is 5.26 Å². The summed E-state index contributed by atoms with van der Waals surface area (Å²) in [7, 11) is 0. The third kappa shape index (κ3) is 2.34. The number of nitriles is 1. The van der Waals surface area contributed by atoms with Crippen molar-refractivity contribution in [2.24, 2.45) is 0 Å². The lowest BCUT2D eigenvalue weighted by Gasteiger charge is -2.03. The van der Waals surface area contributed by atoms with E-state index >= 15 is 0 Å². The normalized spacial score (nSPS) is 11.4. The minimum Gasteiger partial charge on any atom is -0.477 e. The van der Waals surface area contributed by atoms with Crippen molar-refractivity contribution in [3.05, 3.63) is 40.4 Å². The van der Waals surface area contributed by atoms with Crippen LogP contribution in [0.5, 0.6) is 0 Å². The fraction of sp³-hybridized carbons (Fsp3) is 0.214. The molecule has 0 aromatic carbocycles. The van der Waals surface area contributed by atoms with Crippen LogP contribution < -0.4 is 0 Å². The second-order valence-corrected chi connectivity index (χ2v) is 4.43. The van der Waals surface area contributed by atoms with Crippen LogP contribution in [0.2, 0.25) is 0 Å². The minimum atomic E-state index is -1.24. The standard InChI is InChI=1S/C14H13N3O3/c1-8-4-11(6-12(7-15)14(18)19)10(3)17(8)13-5-9(2)20-16-13/h4-6H,1-3H3,(H,18,19). The highest BCUT2D eigenvalue weighted by Gasteiger charge is 2.14. The van der Waals surface area contributed by atoms with Gasteiger partial charge in [0.1, 0.15) is 17.4 Å². The second-order valence-electron chi connectivity index (χ2n) is 4.43. The molecule has 0 atom stereocenters. The zero-order valence-corrected chi connectivity index (χ0v) is 11.3. The lowest BCUT2D eigenvalue weighted by molar-refractivity contribution is -0.132. The molecule has 6 heteroatoms. The van der Waals surface area contributed by atoms with Gasteiger partial charge in [-0.05, 0) is 38.5 Å². The van der Waals surface area contributed by atoms with Crippen LogP contribution in [0.25, 0.3) is 11.9 Å². The van der Waals surface area contributed by atoms with E-state index in [-0.39, 0.29) is 5.57 Å². The van der Waals surface area contributed by atoms with E-state index in [0.717, 1.165) is 11.4 Å². The average Bonchev–Trinajstić information content (AvgIpc) is 2.90. The molecular formula is C14H13N3O3. The largest absolute Gasteiger partial charge is 0.477 e. The van der Waals surface area contributed by atoms with Gasteiger partial charge in [0.05, 0.1) is 0 Å². The van der Waals surface area contributed by atoms with Crippen molar-refractivity contribution >= 4 is 12.0 Å². The number of hydrogen-bond acceptors (Lipinski definition) is 4. The maximum absolute atomic E-state index is 10.9. The van der Waals surface area contributed by atoms with E-state index < -0.39 is 5.97 Å². The molecule has 2 aromatic heterocycles. The fourth-order valence-corrected chi connectivity index (χ4v) is 2.04. The predicted octanol–water partition coefficient (Wildman–Crippen LogP) is 2.38. The molecule has 0 aliphatic carbocycles. The lowest BCUT2D eigenvalue weighted by Crippen LogP contribution is -2.00. The first kappa shape index (κ1) is 13.6. The van der Waals surface area contributed by atoms with E-state index in [1.54, 1.807) is 25.1 Å². The Labute approximate surface area is 115 Å². The van der Waals surface area contributed by atoms with Gasteiger partial charge in [0.25, 0.3) is 0 Å². The summed E-state index contributed by atoms with van der Waals surface area (Å²) >= 11 is 0. The Hall–Kier alpha value is -2.81. The molecule has 0 aliphatic rings. The Morgan fingerprint density at radius 1 is 1.45 bits per heavy atom. The quantitative estimate of drug-likeness (QED) is 0.683. The van der Waals surface area contributed by atoms with E-state index in [2.05, 4.69) is 5.16 Å². The zero-order chi connectivity index (χ0) is 14.9. The number of nitrogens with zero attached hydrogens (tertiary/aromatic N) is 3. The van der Waals surface area contributed by atoms with Crippen LogP contribution >= 0.6 is 0 Å². The Kier molecular flexibility index (Phi) is 3.44. The molecule has 6 nitrogen and oxygen atoms in total. The van der Waals surface area contributed by atoms with Gasteiger partial charge < -0.3 is 9.63 Å². The van der Waals surface area contributed by atoms with Crippen LogP contribution in [0.15, 0.2) is 22.2 Å².